The van der Waals surface area contributed by atoms with Crippen LogP contribution in [0, 0.1) is 17.8 Å². The number of likely N-dealkylation sites (tertiary alicyclic amines) is 3. The third kappa shape index (κ3) is 3.41. The van der Waals surface area contributed by atoms with Gasteiger partial charge in [0.05, 0.1) is 5.41 Å². The number of piperidine rings is 1. The van der Waals surface area contributed by atoms with E-state index in [0.717, 1.165) is 56.6 Å². The van der Waals surface area contributed by atoms with Gasteiger partial charge in [0.2, 0.25) is 5.91 Å². The fourth-order valence-corrected chi connectivity index (χ4v) is 6.27. The molecule has 32 heavy (non-hydrogen) atoms. The zero-order valence-electron chi connectivity index (χ0n) is 19.1. The first-order valence-electron chi connectivity index (χ1n) is 11.7. The van der Waals surface area contributed by atoms with E-state index in [1.807, 2.05) is 60.3 Å². The van der Waals surface area contributed by atoms with Crippen LogP contribution in [0.15, 0.2) is 48.8 Å². The number of carbonyl (C=O) groups is 2. The lowest BCUT2D eigenvalue weighted by Gasteiger charge is -2.47. The average Bonchev–Trinajstić information content (AvgIpc) is 3.26. The normalized spacial score (nSPS) is 25.2. The standard InChI is InChI=1S/C26H32N4O2/c1-20-5-7-22(8-6-20)23(31)30-14-9-25(10-15-30)18-29(17-21-4-3-12-27-16-21)19-26(25)11-13-28(2)24(26)32/h3-8,12,16H,9-11,13-15,17-19H2,1-2H3/t26-/m1/s1. The average molecular weight is 433 g/mol. The highest BCUT2D eigenvalue weighted by atomic mass is 16.2. The summed E-state index contributed by atoms with van der Waals surface area (Å²) >= 11 is 0. The van der Waals surface area contributed by atoms with E-state index in [0.29, 0.717) is 19.0 Å². The second-order valence-corrected chi connectivity index (χ2v) is 10.0. The lowest BCUT2D eigenvalue weighted by molar-refractivity contribution is -0.141. The van der Waals surface area contributed by atoms with Crippen LogP contribution in [-0.4, -0.2) is 71.3 Å². The summed E-state index contributed by atoms with van der Waals surface area (Å²) in [5.41, 5.74) is 2.70. The molecule has 2 spiro atoms. The topological polar surface area (TPSA) is 56.8 Å². The van der Waals surface area contributed by atoms with Crippen LogP contribution in [0.1, 0.15) is 40.7 Å². The molecule has 3 saturated heterocycles. The molecule has 168 valence electrons. The van der Waals surface area contributed by atoms with Gasteiger partial charge in [-0.3, -0.25) is 19.5 Å². The molecule has 0 radical (unpaired) electrons. The molecule has 2 aromatic rings. The van der Waals surface area contributed by atoms with Crippen LogP contribution in [0.2, 0.25) is 0 Å². The Balaban J connectivity index is 1.36. The van der Waals surface area contributed by atoms with E-state index in [2.05, 4.69) is 16.0 Å². The van der Waals surface area contributed by atoms with Gasteiger partial charge in [-0.15, -0.1) is 0 Å². The second kappa shape index (κ2) is 8.00. The summed E-state index contributed by atoms with van der Waals surface area (Å²) in [7, 11) is 1.94. The van der Waals surface area contributed by atoms with Crippen LogP contribution < -0.4 is 0 Å². The highest BCUT2D eigenvalue weighted by molar-refractivity contribution is 5.94. The Labute approximate surface area is 190 Å². The number of hydrogen-bond donors (Lipinski definition) is 0. The summed E-state index contributed by atoms with van der Waals surface area (Å²) in [5.74, 6) is 0.401. The van der Waals surface area contributed by atoms with E-state index in [-0.39, 0.29) is 16.7 Å². The van der Waals surface area contributed by atoms with Crippen molar-refractivity contribution in [3.05, 3.63) is 65.5 Å². The van der Waals surface area contributed by atoms with E-state index in [1.165, 1.54) is 5.56 Å². The van der Waals surface area contributed by atoms with Crippen molar-refractivity contribution in [3.8, 4) is 0 Å². The van der Waals surface area contributed by atoms with E-state index in [4.69, 9.17) is 0 Å². The van der Waals surface area contributed by atoms with Gasteiger partial charge in [0, 0.05) is 69.7 Å². The molecule has 1 aromatic heterocycles. The summed E-state index contributed by atoms with van der Waals surface area (Å²) in [5, 5.41) is 0. The molecule has 0 aliphatic carbocycles. The Kier molecular flexibility index (Phi) is 5.28. The molecule has 6 nitrogen and oxygen atoms in total. The molecule has 5 rings (SSSR count). The number of benzene rings is 1. The van der Waals surface area contributed by atoms with Crippen LogP contribution in [-0.2, 0) is 11.3 Å². The molecule has 0 saturated carbocycles. The van der Waals surface area contributed by atoms with Crippen molar-refractivity contribution >= 4 is 11.8 Å². The molecule has 4 heterocycles. The number of pyridine rings is 1. The quantitative estimate of drug-likeness (QED) is 0.748. The van der Waals surface area contributed by atoms with Crippen molar-refractivity contribution in [1.29, 1.82) is 0 Å². The molecule has 3 aliphatic heterocycles. The van der Waals surface area contributed by atoms with Gasteiger partial charge >= 0.3 is 0 Å². The van der Waals surface area contributed by atoms with Gasteiger partial charge in [0.1, 0.15) is 0 Å². The maximum Gasteiger partial charge on any atom is 0.253 e. The first kappa shape index (κ1) is 21.1. The summed E-state index contributed by atoms with van der Waals surface area (Å²) in [6.45, 7) is 6.82. The summed E-state index contributed by atoms with van der Waals surface area (Å²) < 4.78 is 0. The molecule has 0 N–H and O–H groups in total. The molecular weight excluding hydrogens is 400 g/mol. The number of fused-ring (bicyclic) bond motifs is 1. The molecule has 2 amide bonds. The highest BCUT2D eigenvalue weighted by Crippen LogP contribution is 2.57. The van der Waals surface area contributed by atoms with Crippen molar-refractivity contribution in [3.63, 3.8) is 0 Å². The fraction of sp³-hybridized carbons (Fsp3) is 0.500. The molecule has 6 heteroatoms. The Morgan fingerprint density at radius 3 is 2.41 bits per heavy atom. The van der Waals surface area contributed by atoms with Gasteiger partial charge in [-0.1, -0.05) is 23.8 Å². The maximum atomic E-state index is 13.5. The molecule has 1 aromatic carbocycles. The number of rotatable bonds is 3. The Hall–Kier alpha value is -2.73. The monoisotopic (exact) mass is 432 g/mol. The van der Waals surface area contributed by atoms with Gasteiger partial charge in [-0.2, -0.15) is 0 Å². The number of amides is 2. The maximum absolute atomic E-state index is 13.5. The zero-order valence-corrected chi connectivity index (χ0v) is 19.1. The van der Waals surface area contributed by atoms with Crippen molar-refractivity contribution in [1.82, 2.24) is 19.7 Å². The van der Waals surface area contributed by atoms with Gasteiger partial charge < -0.3 is 9.80 Å². The van der Waals surface area contributed by atoms with Crippen molar-refractivity contribution in [2.24, 2.45) is 10.8 Å². The smallest absolute Gasteiger partial charge is 0.253 e. The molecule has 0 bridgehead atoms. The largest absolute Gasteiger partial charge is 0.345 e. The zero-order chi connectivity index (χ0) is 22.3. The predicted octanol–water partition coefficient (Wildman–Crippen LogP) is 2.98. The van der Waals surface area contributed by atoms with Crippen LogP contribution in [0.4, 0.5) is 0 Å². The molecule has 3 aliphatic rings. The number of carbonyl (C=O) groups excluding carboxylic acids is 2. The number of hydrogen-bond acceptors (Lipinski definition) is 4. The number of aryl methyl sites for hydroxylation is 1. The fourth-order valence-electron chi connectivity index (χ4n) is 6.27. The lowest BCUT2D eigenvalue weighted by atomic mass is 9.60. The van der Waals surface area contributed by atoms with Crippen molar-refractivity contribution in [2.75, 3.05) is 39.8 Å². The molecule has 1 atom stereocenters. The first-order chi connectivity index (χ1) is 15.4. The van der Waals surface area contributed by atoms with E-state index >= 15 is 0 Å². The molecular formula is C26H32N4O2. The Morgan fingerprint density at radius 1 is 1.03 bits per heavy atom. The molecule has 3 fully saturated rings. The minimum Gasteiger partial charge on any atom is -0.345 e. The lowest BCUT2D eigenvalue weighted by Crippen LogP contribution is -2.53. The summed E-state index contributed by atoms with van der Waals surface area (Å²) in [6, 6.07) is 11.9. The third-order valence-corrected chi connectivity index (χ3v) is 8.10. The van der Waals surface area contributed by atoms with Crippen molar-refractivity contribution in [2.45, 2.75) is 32.7 Å². The third-order valence-electron chi connectivity index (χ3n) is 8.10. The minimum absolute atomic E-state index is 0.0683. The Morgan fingerprint density at radius 2 is 1.78 bits per heavy atom. The van der Waals surface area contributed by atoms with Gasteiger partial charge in [0.25, 0.3) is 5.91 Å². The van der Waals surface area contributed by atoms with Crippen LogP contribution in [0.3, 0.4) is 0 Å². The first-order valence-corrected chi connectivity index (χ1v) is 11.7. The second-order valence-electron chi connectivity index (χ2n) is 10.0. The summed E-state index contributed by atoms with van der Waals surface area (Å²) in [4.78, 5) is 37.2. The molecule has 0 unspecified atom stereocenters. The number of aromatic nitrogens is 1. The van der Waals surface area contributed by atoms with Crippen LogP contribution in [0.25, 0.3) is 0 Å². The van der Waals surface area contributed by atoms with E-state index < -0.39 is 0 Å². The Bertz CT molecular complexity index is 998. The van der Waals surface area contributed by atoms with Crippen LogP contribution in [0.5, 0.6) is 0 Å². The van der Waals surface area contributed by atoms with E-state index in [1.54, 1.807) is 6.20 Å². The van der Waals surface area contributed by atoms with Gasteiger partial charge in [-0.05, 0) is 49.9 Å². The summed E-state index contributed by atoms with van der Waals surface area (Å²) in [6.07, 6.45) is 6.40. The number of nitrogens with zero attached hydrogens (tertiary/aromatic N) is 4. The highest BCUT2D eigenvalue weighted by Gasteiger charge is 2.64. The predicted molar refractivity (Wildman–Crippen MR) is 123 cm³/mol. The van der Waals surface area contributed by atoms with Gasteiger partial charge in [0.15, 0.2) is 0 Å². The minimum atomic E-state index is -0.330. The van der Waals surface area contributed by atoms with Gasteiger partial charge in [-0.25, -0.2) is 0 Å². The van der Waals surface area contributed by atoms with Crippen LogP contribution >= 0.6 is 0 Å². The van der Waals surface area contributed by atoms with Crippen molar-refractivity contribution < 1.29 is 9.59 Å². The SMILES string of the molecule is Cc1ccc(C(=O)N2CCC3(CC2)CN(Cc2cccnc2)C[C@@]32CCN(C)C2=O)cc1. The van der Waals surface area contributed by atoms with E-state index in [9.17, 15) is 9.59 Å².